The van der Waals surface area contributed by atoms with Crippen LogP contribution in [-0.4, -0.2) is 47.9 Å². The summed E-state index contributed by atoms with van der Waals surface area (Å²) in [4.78, 5) is 9.92. The SMILES string of the molecule is Cc1ncnc(N2CC3CC(C2)N3S(=O)(=O)c2cc(F)ccc2F)c1C. The van der Waals surface area contributed by atoms with E-state index in [4.69, 9.17) is 0 Å². The predicted molar refractivity (Wildman–Crippen MR) is 91.3 cm³/mol. The fourth-order valence-electron chi connectivity index (χ4n) is 3.77. The maximum absolute atomic E-state index is 14.0. The zero-order valence-corrected chi connectivity index (χ0v) is 15.2. The number of anilines is 1. The summed E-state index contributed by atoms with van der Waals surface area (Å²) < 4.78 is 54.4. The third kappa shape index (κ3) is 2.57. The average Bonchev–Trinajstić information content (AvgIpc) is 2.59. The Morgan fingerprint density at radius 1 is 1.12 bits per heavy atom. The van der Waals surface area contributed by atoms with Crippen molar-refractivity contribution in [3.63, 3.8) is 0 Å². The summed E-state index contributed by atoms with van der Waals surface area (Å²) in [6, 6.07) is 1.94. The van der Waals surface area contributed by atoms with Crippen molar-refractivity contribution in [3.8, 4) is 0 Å². The molecule has 2 atom stereocenters. The highest BCUT2D eigenvalue weighted by Gasteiger charge is 2.52. The van der Waals surface area contributed by atoms with E-state index in [2.05, 4.69) is 9.97 Å². The number of sulfonamides is 1. The molecule has 5 rings (SSSR count). The smallest absolute Gasteiger partial charge is 0.246 e. The molecule has 3 fully saturated rings. The molecule has 2 unspecified atom stereocenters. The van der Waals surface area contributed by atoms with Crippen LogP contribution in [0.1, 0.15) is 17.7 Å². The Labute approximate surface area is 150 Å². The molecule has 3 aliphatic heterocycles. The molecular weight excluding hydrogens is 362 g/mol. The molecule has 0 amide bonds. The van der Waals surface area contributed by atoms with Crippen LogP contribution in [0.2, 0.25) is 0 Å². The van der Waals surface area contributed by atoms with E-state index in [1.165, 1.54) is 10.6 Å². The molecule has 2 bridgehead atoms. The Balaban J connectivity index is 1.61. The number of rotatable bonds is 3. The summed E-state index contributed by atoms with van der Waals surface area (Å²) in [7, 11) is -4.08. The minimum absolute atomic E-state index is 0.281. The van der Waals surface area contributed by atoms with Gasteiger partial charge >= 0.3 is 0 Å². The van der Waals surface area contributed by atoms with E-state index in [1.54, 1.807) is 0 Å². The number of nitrogens with zero attached hydrogens (tertiary/aromatic N) is 4. The second-order valence-electron chi connectivity index (χ2n) is 6.77. The van der Waals surface area contributed by atoms with Crippen molar-refractivity contribution in [3.05, 3.63) is 47.4 Å². The third-order valence-corrected chi connectivity index (χ3v) is 7.20. The van der Waals surface area contributed by atoms with Crippen molar-refractivity contribution in [1.29, 1.82) is 0 Å². The number of hydrogen-bond acceptors (Lipinski definition) is 5. The highest BCUT2D eigenvalue weighted by molar-refractivity contribution is 7.89. The first-order valence-electron chi connectivity index (χ1n) is 8.31. The molecule has 0 saturated carbocycles. The molecule has 6 nitrogen and oxygen atoms in total. The zero-order valence-electron chi connectivity index (χ0n) is 14.4. The van der Waals surface area contributed by atoms with E-state index in [-0.39, 0.29) is 12.1 Å². The lowest BCUT2D eigenvalue weighted by Crippen LogP contribution is -2.70. The van der Waals surface area contributed by atoms with Crippen LogP contribution in [0.4, 0.5) is 14.6 Å². The lowest BCUT2D eigenvalue weighted by atomic mass is 9.91. The van der Waals surface area contributed by atoms with Crippen molar-refractivity contribution >= 4 is 15.8 Å². The highest BCUT2D eigenvalue weighted by atomic mass is 32.2. The van der Waals surface area contributed by atoms with Gasteiger partial charge in [-0.1, -0.05) is 0 Å². The molecule has 2 aromatic rings. The summed E-state index contributed by atoms with van der Waals surface area (Å²) in [5, 5.41) is 0. The zero-order chi connectivity index (χ0) is 18.6. The number of halogens is 2. The molecule has 3 saturated heterocycles. The van der Waals surface area contributed by atoms with Gasteiger partial charge in [0.1, 0.15) is 28.7 Å². The molecule has 0 aliphatic carbocycles. The lowest BCUT2D eigenvalue weighted by molar-refractivity contribution is 0.0870. The number of aryl methyl sites for hydroxylation is 1. The molecule has 3 aliphatic rings. The Morgan fingerprint density at radius 2 is 1.81 bits per heavy atom. The van der Waals surface area contributed by atoms with Gasteiger partial charge in [0.25, 0.3) is 0 Å². The topological polar surface area (TPSA) is 66.4 Å². The molecule has 0 N–H and O–H groups in total. The van der Waals surface area contributed by atoms with Crippen molar-refractivity contribution in [1.82, 2.24) is 14.3 Å². The normalized spacial score (nSPS) is 23.0. The van der Waals surface area contributed by atoms with Gasteiger partial charge in [-0.05, 0) is 38.5 Å². The highest BCUT2D eigenvalue weighted by Crippen LogP contribution is 2.39. The molecule has 26 heavy (non-hydrogen) atoms. The molecule has 9 heteroatoms. The number of aromatic nitrogens is 2. The summed E-state index contributed by atoms with van der Waals surface area (Å²) in [5.74, 6) is -0.916. The van der Waals surface area contributed by atoms with E-state index in [1.807, 2.05) is 18.7 Å². The van der Waals surface area contributed by atoms with Crippen LogP contribution in [0.25, 0.3) is 0 Å². The molecule has 4 heterocycles. The average molecular weight is 380 g/mol. The van der Waals surface area contributed by atoms with Crippen LogP contribution in [-0.2, 0) is 10.0 Å². The van der Waals surface area contributed by atoms with Crippen molar-refractivity contribution in [2.24, 2.45) is 0 Å². The molecule has 138 valence electrons. The summed E-state index contributed by atoms with van der Waals surface area (Å²) in [6.07, 6.45) is 2.20. The van der Waals surface area contributed by atoms with E-state index in [0.717, 1.165) is 35.3 Å². The fourth-order valence-corrected chi connectivity index (χ4v) is 5.67. The van der Waals surface area contributed by atoms with Crippen molar-refractivity contribution in [2.75, 3.05) is 18.0 Å². The number of piperazine rings is 1. The maximum atomic E-state index is 14.0. The van der Waals surface area contributed by atoms with Gasteiger partial charge in [-0.2, -0.15) is 4.31 Å². The Hall–Kier alpha value is -2.13. The monoisotopic (exact) mass is 380 g/mol. The van der Waals surface area contributed by atoms with Crippen LogP contribution < -0.4 is 4.90 Å². The van der Waals surface area contributed by atoms with E-state index in [0.29, 0.717) is 19.5 Å². The molecule has 0 spiro atoms. The molecule has 1 aromatic heterocycles. The van der Waals surface area contributed by atoms with Crippen LogP contribution >= 0.6 is 0 Å². The van der Waals surface area contributed by atoms with Gasteiger partial charge in [0.15, 0.2) is 0 Å². The van der Waals surface area contributed by atoms with Gasteiger partial charge in [0, 0.05) is 36.4 Å². The standard InChI is InChI=1S/C17H18F2N4O2S/c1-10-11(2)20-9-21-17(10)22-7-13-6-14(8-22)23(13)26(24,25)16-5-12(18)3-4-15(16)19/h3-5,9,13-14H,6-8H2,1-2H3. The predicted octanol–water partition coefficient (Wildman–Crippen LogP) is 2.02. The largest absolute Gasteiger partial charge is 0.353 e. The molecule has 0 radical (unpaired) electrons. The number of piperidine rings is 1. The number of hydrogen-bond donors (Lipinski definition) is 0. The summed E-state index contributed by atoms with van der Waals surface area (Å²) in [5.41, 5.74) is 1.83. The second kappa shape index (κ2) is 5.95. The summed E-state index contributed by atoms with van der Waals surface area (Å²) >= 11 is 0. The van der Waals surface area contributed by atoms with Gasteiger partial charge in [-0.3, -0.25) is 0 Å². The van der Waals surface area contributed by atoms with Crippen LogP contribution in [0.3, 0.4) is 0 Å². The van der Waals surface area contributed by atoms with Crippen LogP contribution in [0, 0.1) is 25.5 Å². The summed E-state index contributed by atoms with van der Waals surface area (Å²) in [6.45, 7) is 4.75. The molecular formula is C17H18F2N4O2S. The number of fused-ring (bicyclic) bond motifs is 2. The Morgan fingerprint density at radius 3 is 2.50 bits per heavy atom. The van der Waals surface area contributed by atoms with Gasteiger partial charge in [0.05, 0.1) is 0 Å². The second-order valence-corrected chi connectivity index (χ2v) is 8.58. The van der Waals surface area contributed by atoms with Gasteiger partial charge < -0.3 is 4.90 Å². The van der Waals surface area contributed by atoms with E-state index < -0.39 is 26.6 Å². The van der Waals surface area contributed by atoms with Crippen LogP contribution in [0.15, 0.2) is 29.4 Å². The van der Waals surface area contributed by atoms with Crippen LogP contribution in [0.5, 0.6) is 0 Å². The maximum Gasteiger partial charge on any atom is 0.246 e. The Bertz CT molecular complexity index is 971. The van der Waals surface area contributed by atoms with Gasteiger partial charge in [-0.25, -0.2) is 27.2 Å². The third-order valence-electron chi connectivity index (χ3n) is 5.18. The number of benzene rings is 1. The Kier molecular flexibility index (Phi) is 3.96. The lowest BCUT2D eigenvalue weighted by Gasteiger charge is -2.55. The first kappa shape index (κ1) is 17.3. The van der Waals surface area contributed by atoms with Crippen molar-refractivity contribution in [2.45, 2.75) is 37.2 Å². The first-order chi connectivity index (χ1) is 12.3. The van der Waals surface area contributed by atoms with Gasteiger partial charge in [0.2, 0.25) is 10.0 Å². The molecule has 1 aromatic carbocycles. The van der Waals surface area contributed by atoms with E-state index in [9.17, 15) is 17.2 Å². The minimum atomic E-state index is -4.08. The van der Waals surface area contributed by atoms with E-state index >= 15 is 0 Å². The van der Waals surface area contributed by atoms with Crippen molar-refractivity contribution < 1.29 is 17.2 Å². The minimum Gasteiger partial charge on any atom is -0.353 e. The fraction of sp³-hybridized carbons (Fsp3) is 0.412. The van der Waals surface area contributed by atoms with Gasteiger partial charge in [-0.15, -0.1) is 0 Å². The first-order valence-corrected chi connectivity index (χ1v) is 9.75. The quantitative estimate of drug-likeness (QED) is 0.815.